The van der Waals surface area contributed by atoms with E-state index in [1.807, 2.05) is 13.8 Å². The molecule has 0 heterocycles. The first kappa shape index (κ1) is 14.4. The fraction of sp³-hybridized carbons (Fsp3) is 0.909. The van der Waals surface area contributed by atoms with Crippen LogP contribution in [-0.2, 0) is 4.79 Å². The van der Waals surface area contributed by atoms with Crippen molar-refractivity contribution >= 4 is 5.91 Å². The van der Waals surface area contributed by atoms with Gasteiger partial charge in [0.15, 0.2) is 0 Å². The summed E-state index contributed by atoms with van der Waals surface area (Å²) in [4.78, 5) is 13.7. The lowest BCUT2D eigenvalue weighted by atomic mass is 10.0. The van der Waals surface area contributed by atoms with Gasteiger partial charge in [-0.25, -0.2) is 0 Å². The Labute approximate surface area is 92.4 Å². The van der Waals surface area contributed by atoms with Crippen LogP contribution in [0.2, 0.25) is 0 Å². The van der Waals surface area contributed by atoms with Crippen LogP contribution in [0.3, 0.4) is 0 Å². The van der Waals surface area contributed by atoms with Crippen LogP contribution in [0.1, 0.15) is 33.1 Å². The van der Waals surface area contributed by atoms with Crippen LogP contribution in [0.15, 0.2) is 0 Å². The van der Waals surface area contributed by atoms with Crippen molar-refractivity contribution in [1.29, 1.82) is 0 Å². The van der Waals surface area contributed by atoms with Crippen molar-refractivity contribution < 1.29 is 9.90 Å². The molecule has 0 aromatic carbocycles. The van der Waals surface area contributed by atoms with E-state index in [4.69, 9.17) is 10.8 Å². The molecular weight excluding hydrogens is 192 g/mol. The van der Waals surface area contributed by atoms with Crippen LogP contribution >= 0.6 is 0 Å². The minimum atomic E-state index is -0.0758. The lowest BCUT2D eigenvalue weighted by molar-refractivity contribution is -0.136. The van der Waals surface area contributed by atoms with Gasteiger partial charge in [-0.15, -0.1) is 0 Å². The third-order valence-corrected chi connectivity index (χ3v) is 2.45. The molecule has 1 atom stereocenters. The fourth-order valence-corrected chi connectivity index (χ4v) is 1.67. The number of rotatable bonds is 8. The van der Waals surface area contributed by atoms with E-state index >= 15 is 0 Å². The summed E-state index contributed by atoms with van der Waals surface area (Å²) in [5.41, 5.74) is 5.58. The molecule has 4 heteroatoms. The highest BCUT2D eigenvalue weighted by Gasteiger charge is 2.21. The summed E-state index contributed by atoms with van der Waals surface area (Å²) in [7, 11) is 0. The van der Waals surface area contributed by atoms with Gasteiger partial charge in [-0.3, -0.25) is 4.79 Å². The van der Waals surface area contributed by atoms with Crippen LogP contribution < -0.4 is 5.73 Å². The summed E-state index contributed by atoms with van der Waals surface area (Å²) < 4.78 is 0. The van der Waals surface area contributed by atoms with Crippen LogP contribution in [0, 0.1) is 5.92 Å². The number of nitrogens with zero attached hydrogens (tertiary/aromatic N) is 1. The predicted octanol–water partition coefficient (Wildman–Crippen LogP) is 0.592. The molecule has 1 amide bonds. The molecule has 4 nitrogen and oxygen atoms in total. The van der Waals surface area contributed by atoms with E-state index in [2.05, 4.69) is 0 Å². The van der Waals surface area contributed by atoms with Gasteiger partial charge in [-0.1, -0.05) is 20.3 Å². The van der Waals surface area contributed by atoms with Gasteiger partial charge in [-0.05, 0) is 12.8 Å². The van der Waals surface area contributed by atoms with Gasteiger partial charge >= 0.3 is 0 Å². The molecule has 0 saturated carbocycles. The molecule has 0 fully saturated rings. The van der Waals surface area contributed by atoms with Crippen molar-refractivity contribution in [1.82, 2.24) is 4.90 Å². The van der Waals surface area contributed by atoms with Gasteiger partial charge in [0, 0.05) is 19.6 Å². The zero-order valence-electron chi connectivity index (χ0n) is 9.91. The van der Waals surface area contributed by atoms with E-state index in [9.17, 15) is 4.79 Å². The van der Waals surface area contributed by atoms with Gasteiger partial charge in [0.05, 0.1) is 12.5 Å². The highest BCUT2D eigenvalue weighted by molar-refractivity contribution is 5.79. The average Bonchev–Trinajstić information content (AvgIpc) is 2.24. The number of carbonyl (C=O) groups is 1. The second-order valence-electron chi connectivity index (χ2n) is 3.77. The Kier molecular flexibility index (Phi) is 8.33. The number of amides is 1. The first-order valence-electron chi connectivity index (χ1n) is 5.80. The smallest absolute Gasteiger partial charge is 0.227 e. The SMILES string of the molecule is CCCC(CN)C(=O)N(CCC)CCO. The summed E-state index contributed by atoms with van der Waals surface area (Å²) in [5, 5.41) is 8.87. The van der Waals surface area contributed by atoms with E-state index in [1.54, 1.807) is 4.90 Å². The Balaban J connectivity index is 4.29. The molecular formula is C11H24N2O2. The molecule has 0 rings (SSSR count). The van der Waals surface area contributed by atoms with E-state index in [0.717, 1.165) is 19.3 Å². The minimum Gasteiger partial charge on any atom is -0.395 e. The monoisotopic (exact) mass is 216 g/mol. The Morgan fingerprint density at radius 2 is 2.00 bits per heavy atom. The van der Waals surface area contributed by atoms with Crippen LogP contribution in [0.5, 0.6) is 0 Å². The van der Waals surface area contributed by atoms with Crippen molar-refractivity contribution in [2.24, 2.45) is 11.7 Å². The molecule has 1 unspecified atom stereocenters. The zero-order valence-corrected chi connectivity index (χ0v) is 9.91. The van der Waals surface area contributed by atoms with Gasteiger partial charge < -0.3 is 15.7 Å². The van der Waals surface area contributed by atoms with Gasteiger partial charge in [0.25, 0.3) is 0 Å². The third-order valence-electron chi connectivity index (χ3n) is 2.45. The number of hydrogen-bond acceptors (Lipinski definition) is 3. The van der Waals surface area contributed by atoms with Crippen LogP contribution in [-0.4, -0.2) is 42.2 Å². The van der Waals surface area contributed by atoms with Crippen LogP contribution in [0.25, 0.3) is 0 Å². The molecule has 0 aliphatic heterocycles. The molecule has 0 aromatic heterocycles. The highest BCUT2D eigenvalue weighted by Crippen LogP contribution is 2.09. The van der Waals surface area contributed by atoms with Crippen molar-refractivity contribution in [2.45, 2.75) is 33.1 Å². The standard InChI is InChI=1S/C11H24N2O2/c1-3-5-10(9-12)11(15)13(6-4-2)7-8-14/h10,14H,3-9,12H2,1-2H3. The topological polar surface area (TPSA) is 66.6 Å². The maximum absolute atomic E-state index is 12.0. The van der Waals surface area contributed by atoms with Crippen molar-refractivity contribution in [3.63, 3.8) is 0 Å². The van der Waals surface area contributed by atoms with Crippen molar-refractivity contribution in [3.05, 3.63) is 0 Å². The molecule has 0 aromatic rings. The molecule has 0 aliphatic carbocycles. The first-order valence-corrected chi connectivity index (χ1v) is 5.80. The Morgan fingerprint density at radius 1 is 1.33 bits per heavy atom. The molecule has 15 heavy (non-hydrogen) atoms. The minimum absolute atomic E-state index is 0.0230. The lowest BCUT2D eigenvalue weighted by Crippen LogP contribution is -2.41. The maximum atomic E-state index is 12.0. The van der Waals surface area contributed by atoms with Gasteiger partial charge in [-0.2, -0.15) is 0 Å². The summed E-state index contributed by atoms with van der Waals surface area (Å²) in [5.74, 6) is 0.0170. The number of aliphatic hydroxyl groups is 1. The van der Waals surface area contributed by atoms with Crippen molar-refractivity contribution in [3.8, 4) is 0 Å². The number of carbonyl (C=O) groups excluding carboxylic acids is 1. The lowest BCUT2D eigenvalue weighted by Gasteiger charge is -2.25. The molecule has 0 saturated heterocycles. The normalized spacial score (nSPS) is 12.5. The number of nitrogens with two attached hydrogens (primary N) is 1. The zero-order chi connectivity index (χ0) is 11.7. The Bertz CT molecular complexity index is 168. The van der Waals surface area contributed by atoms with E-state index < -0.39 is 0 Å². The van der Waals surface area contributed by atoms with Crippen molar-refractivity contribution in [2.75, 3.05) is 26.2 Å². The molecule has 90 valence electrons. The molecule has 0 spiro atoms. The number of hydrogen-bond donors (Lipinski definition) is 2. The van der Waals surface area contributed by atoms with E-state index in [0.29, 0.717) is 19.6 Å². The molecule has 3 N–H and O–H groups in total. The average molecular weight is 216 g/mol. The fourth-order valence-electron chi connectivity index (χ4n) is 1.67. The van der Waals surface area contributed by atoms with E-state index in [-0.39, 0.29) is 18.4 Å². The van der Waals surface area contributed by atoms with E-state index in [1.165, 1.54) is 0 Å². The largest absolute Gasteiger partial charge is 0.395 e. The summed E-state index contributed by atoms with van der Waals surface area (Å²) in [6, 6.07) is 0. The third kappa shape index (κ3) is 5.14. The second-order valence-corrected chi connectivity index (χ2v) is 3.77. The van der Waals surface area contributed by atoms with Crippen LogP contribution in [0.4, 0.5) is 0 Å². The summed E-state index contributed by atoms with van der Waals surface area (Å²) >= 11 is 0. The predicted molar refractivity (Wildman–Crippen MR) is 61.4 cm³/mol. The summed E-state index contributed by atoms with van der Waals surface area (Å²) in [6.45, 7) is 5.63. The van der Waals surface area contributed by atoms with Gasteiger partial charge in [0.2, 0.25) is 5.91 Å². The first-order chi connectivity index (χ1) is 7.21. The quantitative estimate of drug-likeness (QED) is 0.624. The summed E-state index contributed by atoms with van der Waals surface area (Å²) in [6.07, 6.45) is 2.71. The molecule has 0 bridgehead atoms. The Morgan fingerprint density at radius 3 is 2.40 bits per heavy atom. The number of aliphatic hydroxyl groups excluding tert-OH is 1. The molecule has 0 radical (unpaired) electrons. The van der Waals surface area contributed by atoms with Gasteiger partial charge in [0.1, 0.15) is 0 Å². The maximum Gasteiger partial charge on any atom is 0.227 e. The second kappa shape index (κ2) is 8.68. The highest BCUT2D eigenvalue weighted by atomic mass is 16.3. The molecule has 0 aliphatic rings. The Hall–Kier alpha value is -0.610.